The molecule has 0 bridgehead atoms. The average molecular weight is 123 g/mol. The quantitative estimate of drug-likeness (QED) is 0.515. The molecule has 1 aliphatic carbocycles. The fraction of sp³-hybridized carbons (Fsp3) is 1.00. The van der Waals surface area contributed by atoms with E-state index in [0.717, 1.165) is 0 Å². The standard InChI is InChI=1S/C6H12S/c1-7-6-4-2-3-5-6/h6H,2-5H2,1H3/i1D3,2D,3D,4D,5D. The predicted octanol–water partition coefficient (Wildman–Crippen LogP) is 2.29. The van der Waals surface area contributed by atoms with Gasteiger partial charge < -0.3 is 0 Å². The minimum absolute atomic E-state index is 0.573. The van der Waals surface area contributed by atoms with Gasteiger partial charge in [0.2, 0.25) is 0 Å². The molecule has 42 valence electrons. The Morgan fingerprint density at radius 2 is 2.43 bits per heavy atom. The first kappa shape index (κ1) is 1.44. The van der Waals surface area contributed by atoms with Crippen LogP contribution in [0.3, 0.4) is 0 Å². The normalized spacial score (nSPS) is 89.7. The van der Waals surface area contributed by atoms with Gasteiger partial charge in [0.1, 0.15) is 0 Å². The summed E-state index contributed by atoms with van der Waals surface area (Å²) in [5.74, 6) is 0. The molecule has 0 spiro atoms. The number of rotatable bonds is 1. The summed E-state index contributed by atoms with van der Waals surface area (Å²) in [6.45, 7) is 0. The van der Waals surface area contributed by atoms with Crippen molar-refractivity contribution >= 4 is 11.8 Å². The fourth-order valence-corrected chi connectivity index (χ4v) is 0.829. The van der Waals surface area contributed by atoms with Gasteiger partial charge in [-0.25, -0.2) is 0 Å². The molecule has 0 aromatic rings. The van der Waals surface area contributed by atoms with Crippen molar-refractivity contribution in [1.82, 2.24) is 0 Å². The van der Waals surface area contributed by atoms with Crippen molar-refractivity contribution in [3.63, 3.8) is 0 Å². The van der Waals surface area contributed by atoms with Crippen LogP contribution in [0, 0.1) is 0 Å². The Bertz CT molecular complexity index is 191. The molecule has 1 heteroatoms. The molecule has 0 aromatic carbocycles. The van der Waals surface area contributed by atoms with Crippen molar-refractivity contribution in [2.45, 2.75) is 30.8 Å². The lowest BCUT2D eigenvalue weighted by Gasteiger charge is -1.99. The second-order valence-corrected chi connectivity index (χ2v) is 2.13. The smallest absolute Gasteiger partial charge is 0.0344 e. The van der Waals surface area contributed by atoms with Crippen LogP contribution in [0.25, 0.3) is 0 Å². The van der Waals surface area contributed by atoms with Gasteiger partial charge in [0.15, 0.2) is 0 Å². The minimum Gasteiger partial charge on any atom is -0.162 e. The molecule has 0 aromatic heterocycles. The summed E-state index contributed by atoms with van der Waals surface area (Å²) in [6.07, 6.45) is -6.04. The summed E-state index contributed by atoms with van der Waals surface area (Å²) >= 11 is 0.573. The molecule has 0 radical (unpaired) electrons. The van der Waals surface area contributed by atoms with Crippen LogP contribution in [0.15, 0.2) is 0 Å². The predicted molar refractivity (Wildman–Crippen MR) is 35.8 cm³/mol. The van der Waals surface area contributed by atoms with Crippen molar-refractivity contribution in [3.05, 3.63) is 0 Å². The maximum Gasteiger partial charge on any atom is 0.0344 e. The Hall–Kier alpha value is 0.350. The largest absolute Gasteiger partial charge is 0.162 e. The van der Waals surface area contributed by atoms with Crippen molar-refractivity contribution in [2.75, 3.05) is 6.18 Å². The Balaban J connectivity index is 2.70. The second kappa shape index (κ2) is 2.61. The number of thioether (sulfide) groups is 1. The number of hydrogen-bond acceptors (Lipinski definition) is 1. The van der Waals surface area contributed by atoms with E-state index >= 15 is 0 Å². The number of hydrogen-bond donors (Lipinski definition) is 0. The molecule has 1 rings (SSSR count). The lowest BCUT2D eigenvalue weighted by molar-refractivity contribution is 0.886. The minimum atomic E-state index is -2.24. The summed E-state index contributed by atoms with van der Waals surface area (Å²) in [5, 5.41) is -0.743. The summed E-state index contributed by atoms with van der Waals surface area (Å²) in [5.41, 5.74) is 0. The summed E-state index contributed by atoms with van der Waals surface area (Å²) in [4.78, 5) is 0. The van der Waals surface area contributed by atoms with Crippen LogP contribution in [-0.4, -0.2) is 11.4 Å². The summed E-state index contributed by atoms with van der Waals surface area (Å²) in [7, 11) is 0. The zero-order valence-electron chi connectivity index (χ0n) is 10.8. The Kier molecular flexibility index (Phi) is 0.536. The highest BCUT2D eigenvalue weighted by Crippen LogP contribution is 2.26. The maximum atomic E-state index is 7.54. The molecule has 1 aliphatic rings. The molecular formula is C6H12S. The molecule has 4 unspecified atom stereocenters. The van der Waals surface area contributed by atoms with E-state index in [2.05, 4.69) is 0 Å². The lowest BCUT2D eigenvalue weighted by atomic mass is 10.4. The lowest BCUT2D eigenvalue weighted by Crippen LogP contribution is -1.89. The maximum absolute atomic E-state index is 7.54. The fourth-order valence-electron chi connectivity index (χ4n) is 0.490. The van der Waals surface area contributed by atoms with Gasteiger partial charge in [-0.3, -0.25) is 0 Å². The zero-order chi connectivity index (χ0) is 11.1. The van der Waals surface area contributed by atoms with Crippen LogP contribution in [0.5, 0.6) is 0 Å². The van der Waals surface area contributed by atoms with Crippen LogP contribution >= 0.6 is 11.8 Å². The molecule has 7 heavy (non-hydrogen) atoms. The molecule has 4 atom stereocenters. The van der Waals surface area contributed by atoms with E-state index < -0.39 is 37.0 Å². The third-order valence-corrected chi connectivity index (χ3v) is 1.44. The van der Waals surface area contributed by atoms with E-state index in [0.29, 0.717) is 11.8 Å². The van der Waals surface area contributed by atoms with Crippen molar-refractivity contribution in [1.29, 1.82) is 0 Å². The molecule has 0 amide bonds. The van der Waals surface area contributed by atoms with Gasteiger partial charge in [0, 0.05) is 14.8 Å². The summed E-state index contributed by atoms with van der Waals surface area (Å²) < 4.78 is 51.0. The molecule has 1 fully saturated rings. The molecule has 0 saturated heterocycles. The molecule has 0 nitrogen and oxygen atoms in total. The first-order valence-electron chi connectivity index (χ1n) is 5.92. The first-order valence-corrected chi connectivity index (χ1v) is 2.99. The average Bonchev–Trinajstić information content (AvgIpc) is 2.20. The Morgan fingerprint density at radius 1 is 1.71 bits per heavy atom. The summed E-state index contributed by atoms with van der Waals surface area (Å²) in [6, 6.07) is 0. The van der Waals surface area contributed by atoms with E-state index in [1.165, 1.54) is 0 Å². The second-order valence-electron chi connectivity index (χ2n) is 1.35. The van der Waals surface area contributed by atoms with Gasteiger partial charge in [0.25, 0.3) is 0 Å². The molecular weight excluding hydrogens is 104 g/mol. The van der Waals surface area contributed by atoms with Gasteiger partial charge in [-0.1, -0.05) is 12.8 Å². The third kappa shape index (κ3) is 1.37. The monoisotopic (exact) mass is 123 g/mol. The van der Waals surface area contributed by atoms with Crippen LogP contribution in [0.2, 0.25) is 0 Å². The van der Waals surface area contributed by atoms with E-state index in [1.807, 2.05) is 0 Å². The zero-order valence-corrected chi connectivity index (χ0v) is 4.61. The van der Waals surface area contributed by atoms with Crippen LogP contribution < -0.4 is 0 Å². The van der Waals surface area contributed by atoms with Gasteiger partial charge in [-0.05, 0) is 19.0 Å². The molecule has 0 aliphatic heterocycles. The highest BCUT2D eigenvalue weighted by atomic mass is 32.2. The van der Waals surface area contributed by atoms with E-state index in [4.69, 9.17) is 9.60 Å². The van der Waals surface area contributed by atoms with Gasteiger partial charge >= 0.3 is 0 Å². The van der Waals surface area contributed by atoms with E-state index in [1.54, 1.807) is 0 Å². The van der Waals surface area contributed by atoms with Crippen molar-refractivity contribution in [3.8, 4) is 0 Å². The SMILES string of the molecule is [2H]C1C([2H])C([2H])C(SC([2H])([2H])[2H])C1[2H]. The van der Waals surface area contributed by atoms with Crippen LogP contribution in [0.4, 0.5) is 0 Å². The van der Waals surface area contributed by atoms with Crippen molar-refractivity contribution in [2.24, 2.45) is 0 Å². The van der Waals surface area contributed by atoms with Crippen LogP contribution in [-0.2, 0) is 0 Å². The van der Waals surface area contributed by atoms with Gasteiger partial charge in [-0.2, -0.15) is 11.8 Å². The van der Waals surface area contributed by atoms with E-state index in [-0.39, 0.29) is 0 Å². The van der Waals surface area contributed by atoms with Crippen molar-refractivity contribution < 1.29 is 9.60 Å². The van der Waals surface area contributed by atoms with Crippen LogP contribution in [0.1, 0.15) is 35.2 Å². The van der Waals surface area contributed by atoms with Gasteiger partial charge in [-0.15, -0.1) is 0 Å². The molecule has 0 N–H and O–H groups in total. The van der Waals surface area contributed by atoms with E-state index in [9.17, 15) is 0 Å². The molecule has 1 saturated carbocycles. The topological polar surface area (TPSA) is 0 Å². The third-order valence-electron chi connectivity index (χ3n) is 0.849. The Labute approximate surface area is 59.5 Å². The first-order chi connectivity index (χ1) is 6.24. The highest BCUT2D eigenvalue weighted by Gasteiger charge is 2.11. The highest BCUT2D eigenvalue weighted by molar-refractivity contribution is 7.99. The van der Waals surface area contributed by atoms with Gasteiger partial charge in [0.05, 0.1) is 0 Å². The molecule has 0 heterocycles. The Morgan fingerprint density at radius 3 is 3.00 bits per heavy atom.